The van der Waals surface area contributed by atoms with Gasteiger partial charge in [-0.05, 0) is 24.3 Å². The third-order valence-corrected chi connectivity index (χ3v) is 5.18. The minimum atomic E-state index is -1.25. The van der Waals surface area contributed by atoms with E-state index >= 15 is 0 Å². The number of imide groups is 1. The molecule has 0 spiro atoms. The molecule has 0 unspecified atom stereocenters. The van der Waals surface area contributed by atoms with Gasteiger partial charge in [0, 0.05) is 24.4 Å². The van der Waals surface area contributed by atoms with E-state index in [1.165, 1.54) is 18.2 Å². The summed E-state index contributed by atoms with van der Waals surface area (Å²) in [6.07, 6.45) is 4.77. The molecule has 4 aromatic rings. The number of anilines is 1. The van der Waals surface area contributed by atoms with E-state index in [-0.39, 0.29) is 22.4 Å². The molecule has 0 fully saturated rings. The summed E-state index contributed by atoms with van der Waals surface area (Å²) in [5.74, 6) is -2.43. The molecule has 152 valence electrons. The maximum atomic E-state index is 13.1. The molecule has 2 amide bonds. The lowest BCUT2D eigenvalue weighted by atomic mass is 10.0. The van der Waals surface area contributed by atoms with Gasteiger partial charge in [-0.1, -0.05) is 17.3 Å². The van der Waals surface area contributed by atoms with Crippen molar-refractivity contribution in [1.82, 2.24) is 25.0 Å². The van der Waals surface area contributed by atoms with Crippen LogP contribution in [0.3, 0.4) is 0 Å². The zero-order chi connectivity index (χ0) is 21.7. The van der Waals surface area contributed by atoms with Crippen LogP contribution in [0.25, 0.3) is 22.5 Å². The van der Waals surface area contributed by atoms with Gasteiger partial charge in [0.2, 0.25) is 0 Å². The van der Waals surface area contributed by atoms with Crippen molar-refractivity contribution in [2.24, 2.45) is 7.05 Å². The number of carboxylic acid groups (broad SMARTS) is 1. The molecular weight excluding hydrogens is 400 g/mol. The fourth-order valence-electron chi connectivity index (χ4n) is 3.66. The predicted molar refractivity (Wildman–Crippen MR) is 109 cm³/mol. The highest BCUT2D eigenvalue weighted by Gasteiger charge is 2.38. The number of benzene rings is 2. The van der Waals surface area contributed by atoms with Crippen LogP contribution in [0.5, 0.6) is 0 Å². The first-order valence-corrected chi connectivity index (χ1v) is 9.19. The molecule has 2 aromatic carbocycles. The minimum Gasteiger partial charge on any atom is -0.478 e. The molecule has 2 aromatic heterocycles. The van der Waals surface area contributed by atoms with Crippen molar-refractivity contribution in [3.05, 3.63) is 71.8 Å². The van der Waals surface area contributed by atoms with Gasteiger partial charge in [-0.25, -0.2) is 14.7 Å². The summed E-state index contributed by atoms with van der Waals surface area (Å²) in [5.41, 5.74) is 2.66. The number of nitrogens with one attached hydrogen (secondary N) is 1. The monoisotopic (exact) mass is 414 g/mol. The molecular formula is C21H14N6O4. The van der Waals surface area contributed by atoms with E-state index in [4.69, 9.17) is 0 Å². The van der Waals surface area contributed by atoms with Crippen molar-refractivity contribution in [1.29, 1.82) is 0 Å². The van der Waals surface area contributed by atoms with Crippen molar-refractivity contribution in [3.8, 4) is 22.5 Å². The van der Waals surface area contributed by atoms with E-state index in [0.29, 0.717) is 22.5 Å². The summed E-state index contributed by atoms with van der Waals surface area (Å²) in [7, 11) is 1.79. The van der Waals surface area contributed by atoms with E-state index < -0.39 is 17.8 Å². The molecule has 0 saturated heterocycles. The normalized spacial score (nSPS) is 13.0. The Labute approximate surface area is 174 Å². The topological polar surface area (TPSA) is 134 Å². The number of nitrogens with zero attached hydrogens (tertiary/aromatic N) is 5. The molecule has 31 heavy (non-hydrogen) atoms. The fraction of sp³-hybridized carbons (Fsp3) is 0.0476. The summed E-state index contributed by atoms with van der Waals surface area (Å²) in [5, 5.41) is 19.9. The third-order valence-electron chi connectivity index (χ3n) is 5.18. The Morgan fingerprint density at radius 1 is 1.03 bits per heavy atom. The zero-order valence-corrected chi connectivity index (χ0v) is 16.1. The lowest BCUT2D eigenvalue weighted by molar-refractivity contribution is 0.0698. The van der Waals surface area contributed by atoms with Gasteiger partial charge < -0.3 is 9.67 Å². The molecule has 0 bridgehead atoms. The average molecular weight is 414 g/mol. The molecule has 1 aliphatic heterocycles. The van der Waals surface area contributed by atoms with Crippen LogP contribution in [0.4, 0.5) is 5.69 Å². The van der Waals surface area contributed by atoms with Crippen molar-refractivity contribution in [2.75, 3.05) is 4.90 Å². The Kier molecular flexibility index (Phi) is 4.00. The maximum absolute atomic E-state index is 13.1. The van der Waals surface area contributed by atoms with Gasteiger partial charge in [0.05, 0.1) is 40.6 Å². The van der Waals surface area contributed by atoms with Crippen LogP contribution in [-0.2, 0) is 7.05 Å². The van der Waals surface area contributed by atoms with Gasteiger partial charge in [-0.15, -0.1) is 5.10 Å². The van der Waals surface area contributed by atoms with Crippen LogP contribution < -0.4 is 4.90 Å². The first-order chi connectivity index (χ1) is 15.0. The lowest BCUT2D eigenvalue weighted by Gasteiger charge is -2.17. The fourth-order valence-corrected chi connectivity index (χ4v) is 3.66. The number of aromatic nitrogens is 5. The van der Waals surface area contributed by atoms with Crippen LogP contribution >= 0.6 is 0 Å². The Balaban J connectivity index is 1.60. The molecule has 1 aliphatic rings. The number of carbonyl (C=O) groups excluding carboxylic acids is 2. The quantitative estimate of drug-likeness (QED) is 0.490. The number of carboxylic acids is 1. The second kappa shape index (κ2) is 6.73. The SMILES string of the molecule is Cn1cncc1-c1ccc(N2C(=O)c3ccc(-c4c[nH]nn4)cc3C2=O)c(C(=O)O)c1. The molecule has 0 saturated carbocycles. The first-order valence-electron chi connectivity index (χ1n) is 9.19. The van der Waals surface area contributed by atoms with E-state index in [1.807, 2.05) is 0 Å². The van der Waals surface area contributed by atoms with E-state index in [0.717, 1.165) is 4.90 Å². The predicted octanol–water partition coefficient (Wildman–Crippen LogP) is 2.37. The van der Waals surface area contributed by atoms with Crippen LogP contribution in [-0.4, -0.2) is 47.9 Å². The van der Waals surface area contributed by atoms with Gasteiger partial charge in [-0.2, -0.15) is 0 Å². The highest BCUT2D eigenvalue weighted by Crippen LogP contribution is 2.34. The summed E-state index contributed by atoms with van der Waals surface area (Å²) in [4.78, 5) is 43.1. The number of hydrogen-bond donors (Lipinski definition) is 2. The van der Waals surface area contributed by atoms with Crippen LogP contribution in [0.1, 0.15) is 31.1 Å². The van der Waals surface area contributed by atoms with Gasteiger partial charge in [0.1, 0.15) is 5.69 Å². The van der Waals surface area contributed by atoms with Crippen molar-refractivity contribution in [3.63, 3.8) is 0 Å². The average Bonchev–Trinajstić information content (AvgIpc) is 3.49. The van der Waals surface area contributed by atoms with Gasteiger partial charge in [-0.3, -0.25) is 14.7 Å². The van der Waals surface area contributed by atoms with Crippen molar-refractivity contribution in [2.45, 2.75) is 0 Å². The number of carbonyl (C=O) groups is 3. The van der Waals surface area contributed by atoms with Gasteiger partial charge in [0.15, 0.2) is 0 Å². The Morgan fingerprint density at radius 2 is 1.81 bits per heavy atom. The van der Waals surface area contributed by atoms with Gasteiger partial charge in [0.25, 0.3) is 11.8 Å². The Bertz CT molecular complexity index is 1370. The molecule has 5 rings (SSSR count). The number of hydrogen-bond acceptors (Lipinski definition) is 6. The number of aromatic carboxylic acids is 1. The summed E-state index contributed by atoms with van der Waals surface area (Å²) in [6, 6.07) is 9.30. The number of fused-ring (bicyclic) bond motifs is 1. The first kappa shape index (κ1) is 18.4. The van der Waals surface area contributed by atoms with Crippen LogP contribution in [0.15, 0.2) is 55.1 Å². The standard InChI is InChI=1S/C21H14N6O4/c1-26-10-22-9-18(26)12-3-5-17(15(7-12)21(30)31)27-19(28)13-4-2-11(6-14(13)20(27)29)16-8-23-25-24-16/h2-10H,1H3,(H,30,31)(H,23,24,25). The molecule has 10 heteroatoms. The smallest absolute Gasteiger partial charge is 0.337 e. The second-order valence-electron chi connectivity index (χ2n) is 6.99. The number of aryl methyl sites for hydroxylation is 1. The van der Waals surface area contributed by atoms with Gasteiger partial charge >= 0.3 is 5.97 Å². The number of H-pyrrole nitrogens is 1. The number of aromatic amines is 1. The lowest BCUT2D eigenvalue weighted by Crippen LogP contribution is -2.31. The second-order valence-corrected chi connectivity index (χ2v) is 6.99. The highest BCUT2D eigenvalue weighted by molar-refractivity contribution is 6.35. The van der Waals surface area contributed by atoms with E-state index in [1.54, 1.807) is 48.5 Å². The maximum Gasteiger partial charge on any atom is 0.337 e. The zero-order valence-electron chi connectivity index (χ0n) is 16.1. The highest BCUT2D eigenvalue weighted by atomic mass is 16.4. The van der Waals surface area contributed by atoms with E-state index in [2.05, 4.69) is 20.4 Å². The molecule has 0 radical (unpaired) electrons. The van der Waals surface area contributed by atoms with Crippen molar-refractivity contribution >= 4 is 23.5 Å². The number of amides is 2. The van der Waals surface area contributed by atoms with Crippen LogP contribution in [0, 0.1) is 0 Å². The minimum absolute atomic E-state index is 0.00704. The summed E-state index contributed by atoms with van der Waals surface area (Å²) >= 11 is 0. The summed E-state index contributed by atoms with van der Waals surface area (Å²) in [6.45, 7) is 0. The molecule has 0 aliphatic carbocycles. The Morgan fingerprint density at radius 3 is 2.48 bits per heavy atom. The third kappa shape index (κ3) is 2.81. The largest absolute Gasteiger partial charge is 0.478 e. The van der Waals surface area contributed by atoms with E-state index in [9.17, 15) is 19.5 Å². The molecule has 3 heterocycles. The molecule has 0 atom stereocenters. The molecule has 2 N–H and O–H groups in total. The number of imidazole rings is 1. The molecule has 10 nitrogen and oxygen atoms in total. The van der Waals surface area contributed by atoms with Crippen molar-refractivity contribution < 1.29 is 19.5 Å². The number of rotatable bonds is 4. The summed E-state index contributed by atoms with van der Waals surface area (Å²) < 4.78 is 1.74. The Hall–Kier alpha value is -4.60. The van der Waals surface area contributed by atoms with Crippen LogP contribution in [0.2, 0.25) is 0 Å².